The highest BCUT2D eigenvalue weighted by Gasteiger charge is 2.57. The van der Waals surface area contributed by atoms with Crippen LogP contribution in [-0.2, 0) is 38.2 Å². The van der Waals surface area contributed by atoms with Gasteiger partial charge in [0.15, 0.2) is 6.10 Å². The van der Waals surface area contributed by atoms with E-state index < -0.39 is 53.8 Å². The Kier molecular flexibility index (Phi) is 10.5. The van der Waals surface area contributed by atoms with Crippen molar-refractivity contribution in [3.63, 3.8) is 0 Å². The van der Waals surface area contributed by atoms with Gasteiger partial charge in [0.05, 0.1) is 20.1 Å². The molecule has 0 amide bonds. The summed E-state index contributed by atoms with van der Waals surface area (Å²) in [4.78, 5) is 63.3. The number of fused-ring (bicyclic) bond motifs is 2. The average molecular weight is 643 g/mol. The predicted octanol–water partition coefficient (Wildman–Crippen LogP) is 6.13. The molecule has 2 unspecified atom stereocenters. The van der Waals surface area contributed by atoms with Gasteiger partial charge in [-0.3, -0.25) is 14.4 Å². The molecule has 1 N–H and O–H groups in total. The minimum atomic E-state index is -1.48. The zero-order valence-electron chi connectivity index (χ0n) is 28.8. The molecule has 0 spiro atoms. The van der Waals surface area contributed by atoms with Gasteiger partial charge in [-0.1, -0.05) is 66.2 Å². The summed E-state index contributed by atoms with van der Waals surface area (Å²) in [6.07, 6.45) is 7.09. The van der Waals surface area contributed by atoms with E-state index in [1.165, 1.54) is 7.11 Å². The molecular weight excluding hydrogens is 588 g/mol. The van der Waals surface area contributed by atoms with Crippen LogP contribution in [0, 0.1) is 51.2 Å². The molecule has 0 aliphatic heterocycles. The highest BCUT2D eigenvalue weighted by Crippen LogP contribution is 2.61. The van der Waals surface area contributed by atoms with Crippen LogP contribution >= 0.6 is 0 Å². The molecule has 4 aliphatic rings. The van der Waals surface area contributed by atoms with Crippen LogP contribution in [0.4, 0.5) is 0 Å². The van der Waals surface area contributed by atoms with Crippen molar-refractivity contribution in [3.05, 3.63) is 23.8 Å². The van der Waals surface area contributed by atoms with E-state index in [2.05, 4.69) is 41.2 Å². The maximum Gasteiger partial charge on any atom is 0.335 e. The Morgan fingerprint density at radius 2 is 1.70 bits per heavy atom. The molecule has 9 atom stereocenters. The largest absolute Gasteiger partial charge is 0.481 e. The molecule has 46 heavy (non-hydrogen) atoms. The van der Waals surface area contributed by atoms with Gasteiger partial charge in [0, 0.05) is 11.8 Å². The van der Waals surface area contributed by atoms with Crippen LogP contribution in [0.5, 0.6) is 0 Å². The number of carboxylic acids is 1. The number of ether oxygens (including phenoxy) is 3. The summed E-state index contributed by atoms with van der Waals surface area (Å²) >= 11 is 0. The van der Waals surface area contributed by atoms with Crippen molar-refractivity contribution in [2.45, 2.75) is 112 Å². The standard InChI is InChI=1S/C37H54O9/c1-22-10-12-28-34(2,3)14-9-15-36(28,6)27(22)21-45-31(33(43)44-8)25(16-30(40)41)32(42)46-24-17-35(4,5)29-13-11-23(19-38)26(20-39)37(29,7)18-24/h11,19-20,24-29,31H,1,9-10,12-18,21H2,2-8H3,(H,40,41)/t24-,25?,26-,27-,28-,29-,31?,36+,37+/m0/s1. The summed E-state index contributed by atoms with van der Waals surface area (Å²) in [5, 5.41) is 9.85. The molecule has 3 fully saturated rings. The lowest BCUT2D eigenvalue weighted by atomic mass is 9.48. The van der Waals surface area contributed by atoms with Gasteiger partial charge in [0.25, 0.3) is 0 Å². The highest BCUT2D eigenvalue weighted by atomic mass is 16.6. The van der Waals surface area contributed by atoms with Gasteiger partial charge < -0.3 is 24.1 Å². The van der Waals surface area contributed by atoms with Crippen LogP contribution in [0.1, 0.15) is 99.3 Å². The number of hydrogen-bond donors (Lipinski definition) is 1. The smallest absolute Gasteiger partial charge is 0.335 e. The third kappa shape index (κ3) is 6.63. The van der Waals surface area contributed by atoms with Crippen molar-refractivity contribution in [2.75, 3.05) is 13.7 Å². The van der Waals surface area contributed by atoms with Crippen molar-refractivity contribution in [2.24, 2.45) is 51.2 Å². The van der Waals surface area contributed by atoms with Gasteiger partial charge in [-0.15, -0.1) is 0 Å². The Labute approximate surface area is 273 Å². The van der Waals surface area contributed by atoms with Crippen LogP contribution in [0.15, 0.2) is 23.8 Å². The van der Waals surface area contributed by atoms with Crippen molar-refractivity contribution in [1.82, 2.24) is 0 Å². The number of allylic oxidation sites excluding steroid dienone is 2. The maximum absolute atomic E-state index is 13.9. The van der Waals surface area contributed by atoms with Gasteiger partial charge in [0.2, 0.25) is 0 Å². The second kappa shape index (κ2) is 13.4. The molecule has 9 heteroatoms. The summed E-state index contributed by atoms with van der Waals surface area (Å²) in [6.45, 7) is 17.5. The van der Waals surface area contributed by atoms with Crippen molar-refractivity contribution >= 4 is 30.5 Å². The normalized spacial score (nSPS) is 36.1. The van der Waals surface area contributed by atoms with Crippen molar-refractivity contribution < 1.29 is 43.3 Å². The molecule has 3 saturated carbocycles. The summed E-state index contributed by atoms with van der Waals surface area (Å²) in [6, 6.07) is 0. The highest BCUT2D eigenvalue weighted by molar-refractivity contribution is 5.87. The van der Waals surface area contributed by atoms with Crippen molar-refractivity contribution in [1.29, 1.82) is 0 Å². The Bertz CT molecular complexity index is 1260. The minimum absolute atomic E-state index is 0.0633. The fourth-order valence-electron chi connectivity index (χ4n) is 10.5. The first kappa shape index (κ1) is 36.0. The van der Waals surface area contributed by atoms with Crippen LogP contribution in [0.3, 0.4) is 0 Å². The SMILES string of the molecule is C=C1CC[C@H]2C(C)(C)CCC[C@]2(C)[C@H]1COC(C(=O)OC)C(CC(=O)O)C(=O)O[C@H]1CC(C)(C)[C@@H]2CC=C(C=O)[C@H](C=O)[C@@]2(C)C1. The fraction of sp³-hybridized carbons (Fsp3) is 0.757. The number of hydrogen-bond acceptors (Lipinski definition) is 8. The van der Waals surface area contributed by atoms with E-state index in [0.717, 1.165) is 50.2 Å². The number of carboxylic acid groups (broad SMARTS) is 1. The third-order valence-corrected chi connectivity index (χ3v) is 12.6. The molecule has 0 aromatic heterocycles. The Hall–Kier alpha value is -2.81. The van der Waals surface area contributed by atoms with E-state index in [1.807, 2.05) is 13.0 Å². The van der Waals surface area contributed by atoms with E-state index in [1.54, 1.807) is 0 Å². The number of methoxy groups -OCH3 is 1. The van der Waals surface area contributed by atoms with Gasteiger partial charge in [-0.05, 0) is 84.0 Å². The van der Waals surface area contributed by atoms with E-state index in [4.69, 9.17) is 14.2 Å². The molecule has 256 valence electrons. The zero-order valence-corrected chi connectivity index (χ0v) is 28.8. The second-order valence-corrected chi connectivity index (χ2v) is 16.3. The zero-order chi connectivity index (χ0) is 34.2. The van der Waals surface area contributed by atoms with E-state index in [0.29, 0.717) is 30.8 Å². The number of carbonyl (C=O) groups is 5. The topological polar surface area (TPSA) is 133 Å². The van der Waals surface area contributed by atoms with Crippen LogP contribution in [0.2, 0.25) is 0 Å². The fourth-order valence-corrected chi connectivity index (χ4v) is 10.5. The molecule has 0 heterocycles. The molecule has 0 bridgehead atoms. The second-order valence-electron chi connectivity index (χ2n) is 16.3. The van der Waals surface area contributed by atoms with Crippen molar-refractivity contribution in [3.8, 4) is 0 Å². The molecule has 0 radical (unpaired) electrons. The van der Waals surface area contributed by atoms with Crippen LogP contribution in [-0.4, -0.2) is 61.5 Å². The maximum atomic E-state index is 13.9. The molecule has 0 aromatic carbocycles. The minimum Gasteiger partial charge on any atom is -0.481 e. The van der Waals surface area contributed by atoms with Gasteiger partial charge in [0.1, 0.15) is 24.6 Å². The number of carbonyl (C=O) groups excluding carboxylic acids is 4. The van der Waals surface area contributed by atoms with Crippen LogP contribution < -0.4 is 0 Å². The Morgan fingerprint density at radius 3 is 2.30 bits per heavy atom. The van der Waals surface area contributed by atoms with Gasteiger partial charge >= 0.3 is 17.9 Å². The summed E-state index contributed by atoms with van der Waals surface area (Å²) in [5.41, 5.74) is 0.513. The molecule has 4 rings (SSSR count). The third-order valence-electron chi connectivity index (χ3n) is 12.6. The number of aliphatic carboxylic acids is 1. The number of rotatable bonds is 11. The lowest BCUT2D eigenvalue weighted by Gasteiger charge is -2.58. The number of esters is 2. The molecule has 4 aliphatic carbocycles. The molecular formula is C37H54O9. The van der Waals surface area contributed by atoms with E-state index in [9.17, 15) is 29.1 Å². The lowest BCUT2D eigenvalue weighted by Crippen LogP contribution is -2.54. The molecule has 9 nitrogen and oxygen atoms in total. The molecule has 0 saturated heterocycles. The van der Waals surface area contributed by atoms with Gasteiger partial charge in [-0.25, -0.2) is 4.79 Å². The predicted molar refractivity (Wildman–Crippen MR) is 171 cm³/mol. The van der Waals surface area contributed by atoms with Crippen LogP contribution in [0.25, 0.3) is 0 Å². The van der Waals surface area contributed by atoms with E-state index >= 15 is 0 Å². The van der Waals surface area contributed by atoms with E-state index in [-0.39, 0.29) is 34.7 Å². The average Bonchev–Trinajstić information content (AvgIpc) is 2.95. The first-order valence-corrected chi connectivity index (χ1v) is 16.8. The number of aldehydes is 2. The first-order valence-electron chi connectivity index (χ1n) is 16.8. The Morgan fingerprint density at radius 1 is 1.00 bits per heavy atom. The Balaban J connectivity index is 1.59. The monoisotopic (exact) mass is 642 g/mol. The molecule has 0 aromatic rings. The lowest BCUT2D eigenvalue weighted by molar-refractivity contribution is -0.184. The quantitative estimate of drug-likeness (QED) is 0.160. The first-order chi connectivity index (χ1) is 21.4. The summed E-state index contributed by atoms with van der Waals surface area (Å²) in [5.74, 6) is -4.61. The van der Waals surface area contributed by atoms with Gasteiger partial charge in [-0.2, -0.15) is 0 Å². The summed E-state index contributed by atoms with van der Waals surface area (Å²) in [7, 11) is 1.19. The summed E-state index contributed by atoms with van der Waals surface area (Å²) < 4.78 is 17.4.